The summed E-state index contributed by atoms with van der Waals surface area (Å²) in [6.45, 7) is 0. The van der Waals surface area contributed by atoms with Crippen molar-refractivity contribution in [3.8, 4) is 0 Å². The predicted molar refractivity (Wildman–Crippen MR) is 61.0 cm³/mol. The number of hydrogen-bond donors (Lipinski definition) is 2. The van der Waals surface area contributed by atoms with Crippen LogP contribution < -0.4 is 11.3 Å². The number of rotatable bonds is 3. The molecule has 78 valence electrons. The van der Waals surface area contributed by atoms with Gasteiger partial charge in [-0.1, -0.05) is 19.3 Å². The molecule has 14 heavy (non-hydrogen) atoms. The van der Waals surface area contributed by atoms with Crippen molar-refractivity contribution in [3.63, 3.8) is 0 Å². The zero-order valence-corrected chi connectivity index (χ0v) is 9.22. The number of nitrogens with two attached hydrogens (primary N) is 1. The van der Waals surface area contributed by atoms with Crippen LogP contribution >= 0.6 is 11.3 Å². The third-order valence-corrected chi connectivity index (χ3v) is 3.90. The highest BCUT2D eigenvalue weighted by atomic mass is 32.1. The molecule has 1 aromatic rings. The maximum Gasteiger partial charge on any atom is 0.0496 e. The van der Waals surface area contributed by atoms with Gasteiger partial charge in [0, 0.05) is 6.04 Å². The van der Waals surface area contributed by atoms with Gasteiger partial charge in [0.1, 0.15) is 0 Å². The van der Waals surface area contributed by atoms with E-state index < -0.39 is 0 Å². The Bertz CT molecular complexity index is 252. The highest BCUT2D eigenvalue weighted by Gasteiger charge is 2.23. The highest BCUT2D eigenvalue weighted by molar-refractivity contribution is 7.07. The lowest BCUT2D eigenvalue weighted by Crippen LogP contribution is -2.34. The van der Waals surface area contributed by atoms with Crippen molar-refractivity contribution in [2.75, 3.05) is 0 Å². The van der Waals surface area contributed by atoms with Crippen LogP contribution in [-0.4, -0.2) is 0 Å². The fourth-order valence-corrected chi connectivity index (χ4v) is 3.12. The third kappa shape index (κ3) is 2.16. The Morgan fingerprint density at radius 3 is 2.71 bits per heavy atom. The van der Waals surface area contributed by atoms with Gasteiger partial charge in [-0.3, -0.25) is 11.3 Å². The Balaban J connectivity index is 2.04. The van der Waals surface area contributed by atoms with Crippen molar-refractivity contribution < 1.29 is 0 Å². The Hall–Kier alpha value is -0.380. The van der Waals surface area contributed by atoms with Crippen LogP contribution in [0.25, 0.3) is 0 Å². The van der Waals surface area contributed by atoms with Gasteiger partial charge in [0.05, 0.1) is 0 Å². The smallest absolute Gasteiger partial charge is 0.0496 e. The lowest BCUT2D eigenvalue weighted by Gasteiger charge is -2.29. The second-order valence-electron chi connectivity index (χ2n) is 4.10. The van der Waals surface area contributed by atoms with E-state index in [0.29, 0.717) is 6.04 Å². The van der Waals surface area contributed by atoms with Crippen molar-refractivity contribution >= 4 is 11.3 Å². The first-order valence-corrected chi connectivity index (χ1v) is 6.34. The SMILES string of the molecule is NNC(c1ccsc1)C1CCCCC1. The molecule has 0 saturated heterocycles. The van der Waals surface area contributed by atoms with E-state index >= 15 is 0 Å². The predicted octanol–water partition coefficient (Wildman–Crippen LogP) is 2.83. The lowest BCUT2D eigenvalue weighted by atomic mass is 9.82. The van der Waals surface area contributed by atoms with Crippen LogP contribution in [0.4, 0.5) is 0 Å². The van der Waals surface area contributed by atoms with Gasteiger partial charge in [0.2, 0.25) is 0 Å². The molecule has 1 unspecified atom stereocenters. The molecule has 0 amide bonds. The van der Waals surface area contributed by atoms with Gasteiger partial charge < -0.3 is 0 Å². The van der Waals surface area contributed by atoms with Crippen molar-refractivity contribution in [1.29, 1.82) is 0 Å². The lowest BCUT2D eigenvalue weighted by molar-refractivity contribution is 0.274. The van der Waals surface area contributed by atoms with E-state index in [1.807, 2.05) is 0 Å². The molecule has 1 aromatic heterocycles. The molecule has 1 atom stereocenters. The number of hydrogen-bond acceptors (Lipinski definition) is 3. The Labute approximate surface area is 89.5 Å². The van der Waals surface area contributed by atoms with Gasteiger partial charge in [0.25, 0.3) is 0 Å². The topological polar surface area (TPSA) is 38.0 Å². The summed E-state index contributed by atoms with van der Waals surface area (Å²) in [5.74, 6) is 6.39. The molecule has 0 radical (unpaired) electrons. The van der Waals surface area contributed by atoms with Gasteiger partial charge in [-0.15, -0.1) is 0 Å². The zero-order valence-electron chi connectivity index (χ0n) is 8.41. The molecule has 0 bridgehead atoms. The first-order valence-electron chi connectivity index (χ1n) is 5.40. The fraction of sp³-hybridized carbons (Fsp3) is 0.636. The summed E-state index contributed by atoms with van der Waals surface area (Å²) in [5.41, 5.74) is 4.35. The maximum atomic E-state index is 5.65. The van der Waals surface area contributed by atoms with Crippen molar-refractivity contribution in [1.82, 2.24) is 5.43 Å². The van der Waals surface area contributed by atoms with E-state index in [1.54, 1.807) is 11.3 Å². The van der Waals surface area contributed by atoms with E-state index in [-0.39, 0.29) is 0 Å². The minimum absolute atomic E-state index is 0.376. The molecule has 1 aliphatic carbocycles. The minimum Gasteiger partial charge on any atom is -0.271 e. The van der Waals surface area contributed by atoms with E-state index in [1.165, 1.54) is 37.7 Å². The van der Waals surface area contributed by atoms with Gasteiger partial charge in [-0.25, -0.2) is 0 Å². The molecular formula is C11H18N2S. The molecule has 0 aliphatic heterocycles. The van der Waals surface area contributed by atoms with Crippen LogP contribution in [0.2, 0.25) is 0 Å². The third-order valence-electron chi connectivity index (χ3n) is 3.20. The molecule has 2 rings (SSSR count). The summed E-state index contributed by atoms with van der Waals surface area (Å²) in [7, 11) is 0. The van der Waals surface area contributed by atoms with Crippen LogP contribution in [0.5, 0.6) is 0 Å². The summed E-state index contributed by atoms with van der Waals surface area (Å²) in [5, 5.41) is 4.33. The molecule has 1 saturated carbocycles. The largest absolute Gasteiger partial charge is 0.271 e. The van der Waals surface area contributed by atoms with Crippen LogP contribution in [0.1, 0.15) is 43.7 Å². The van der Waals surface area contributed by atoms with Gasteiger partial charge >= 0.3 is 0 Å². The maximum absolute atomic E-state index is 5.65. The molecule has 1 aliphatic rings. The molecule has 1 heterocycles. The minimum atomic E-state index is 0.376. The summed E-state index contributed by atoms with van der Waals surface area (Å²) in [6.07, 6.45) is 6.78. The first-order chi connectivity index (χ1) is 6.92. The Morgan fingerprint density at radius 2 is 2.14 bits per heavy atom. The fourth-order valence-electron chi connectivity index (χ4n) is 2.42. The molecule has 1 fully saturated rings. The van der Waals surface area contributed by atoms with Crippen molar-refractivity contribution in [2.24, 2.45) is 11.8 Å². The van der Waals surface area contributed by atoms with Crippen molar-refractivity contribution in [2.45, 2.75) is 38.1 Å². The normalized spacial score (nSPS) is 20.9. The highest BCUT2D eigenvalue weighted by Crippen LogP contribution is 2.34. The zero-order chi connectivity index (χ0) is 9.80. The van der Waals surface area contributed by atoms with Crippen molar-refractivity contribution in [3.05, 3.63) is 22.4 Å². The van der Waals surface area contributed by atoms with E-state index in [2.05, 4.69) is 22.3 Å². The average Bonchev–Trinajstić information content (AvgIpc) is 2.74. The molecular weight excluding hydrogens is 192 g/mol. The Morgan fingerprint density at radius 1 is 1.36 bits per heavy atom. The van der Waals surface area contributed by atoms with E-state index in [4.69, 9.17) is 5.84 Å². The van der Waals surface area contributed by atoms with Crippen LogP contribution in [0, 0.1) is 5.92 Å². The summed E-state index contributed by atoms with van der Waals surface area (Å²) in [6, 6.07) is 2.56. The molecule has 0 aromatic carbocycles. The molecule has 3 N–H and O–H groups in total. The number of hydrazine groups is 1. The molecule has 2 nitrogen and oxygen atoms in total. The summed E-state index contributed by atoms with van der Waals surface area (Å²) >= 11 is 1.75. The second kappa shape index (κ2) is 4.91. The molecule has 0 spiro atoms. The quantitative estimate of drug-likeness (QED) is 0.594. The van der Waals surface area contributed by atoms with Crippen LogP contribution in [0.15, 0.2) is 16.8 Å². The second-order valence-corrected chi connectivity index (χ2v) is 4.88. The monoisotopic (exact) mass is 210 g/mol. The average molecular weight is 210 g/mol. The number of thiophene rings is 1. The van der Waals surface area contributed by atoms with Gasteiger partial charge in [-0.2, -0.15) is 11.3 Å². The molecule has 3 heteroatoms. The summed E-state index contributed by atoms with van der Waals surface area (Å²) < 4.78 is 0. The van der Waals surface area contributed by atoms with E-state index in [0.717, 1.165) is 5.92 Å². The standard InChI is InChI=1S/C11H18N2S/c12-13-11(10-6-7-14-8-10)9-4-2-1-3-5-9/h6-9,11,13H,1-5,12H2. The van der Waals surface area contributed by atoms with Gasteiger partial charge in [-0.05, 0) is 41.1 Å². The number of nitrogens with one attached hydrogen (secondary N) is 1. The van der Waals surface area contributed by atoms with Gasteiger partial charge in [0.15, 0.2) is 0 Å². The first kappa shape index (κ1) is 10.1. The summed E-state index contributed by atoms with van der Waals surface area (Å²) in [4.78, 5) is 0. The van der Waals surface area contributed by atoms with Crippen LogP contribution in [0.3, 0.4) is 0 Å². The van der Waals surface area contributed by atoms with Crippen LogP contribution in [-0.2, 0) is 0 Å². The van der Waals surface area contributed by atoms with E-state index in [9.17, 15) is 0 Å². The Kier molecular flexibility index (Phi) is 3.56.